The van der Waals surface area contributed by atoms with Crippen molar-refractivity contribution in [1.82, 2.24) is 14.9 Å². The van der Waals surface area contributed by atoms with E-state index in [9.17, 15) is 0 Å². The van der Waals surface area contributed by atoms with E-state index in [2.05, 4.69) is 40.8 Å². The van der Waals surface area contributed by atoms with Crippen LogP contribution in [0.2, 0.25) is 5.02 Å². The minimum atomic E-state index is 0.819. The van der Waals surface area contributed by atoms with E-state index in [1.807, 2.05) is 18.5 Å². The lowest BCUT2D eigenvalue weighted by atomic mass is 10.1. The number of hydrogen-bond acceptors (Lipinski definition) is 2. The number of imidazole rings is 1. The van der Waals surface area contributed by atoms with E-state index in [1.54, 1.807) is 0 Å². The van der Waals surface area contributed by atoms with Crippen molar-refractivity contribution in [2.24, 2.45) is 0 Å². The highest BCUT2D eigenvalue weighted by molar-refractivity contribution is 6.31. The summed E-state index contributed by atoms with van der Waals surface area (Å²) in [6, 6.07) is 6.27. The van der Waals surface area contributed by atoms with Gasteiger partial charge in [-0.25, -0.2) is 4.98 Å². The van der Waals surface area contributed by atoms with E-state index >= 15 is 0 Å². The van der Waals surface area contributed by atoms with E-state index in [-0.39, 0.29) is 0 Å². The van der Waals surface area contributed by atoms with Gasteiger partial charge in [0.1, 0.15) is 5.82 Å². The fourth-order valence-electron chi connectivity index (χ4n) is 2.08. The zero-order chi connectivity index (χ0) is 13.7. The molecule has 0 bridgehead atoms. The lowest BCUT2D eigenvalue weighted by Crippen LogP contribution is -2.12. The second kappa shape index (κ2) is 6.73. The molecule has 0 saturated carbocycles. The quantitative estimate of drug-likeness (QED) is 0.878. The van der Waals surface area contributed by atoms with Crippen molar-refractivity contribution in [2.45, 2.75) is 33.4 Å². The standard InChI is InChI=1S/C15H20ClN3/c1-3-17-11-13-6-5-12(9-14(13)16)10-15-18-7-8-19(15)4-2/h5-9,17H,3-4,10-11H2,1-2H3. The molecule has 19 heavy (non-hydrogen) atoms. The van der Waals surface area contributed by atoms with Crippen LogP contribution in [-0.2, 0) is 19.5 Å². The Morgan fingerprint density at radius 1 is 1.32 bits per heavy atom. The Labute approximate surface area is 119 Å². The number of halogens is 1. The number of hydrogen-bond donors (Lipinski definition) is 1. The van der Waals surface area contributed by atoms with Gasteiger partial charge in [0, 0.05) is 36.9 Å². The Kier molecular flexibility index (Phi) is 5.00. The molecule has 0 unspecified atom stereocenters. The molecule has 3 nitrogen and oxygen atoms in total. The molecule has 0 atom stereocenters. The maximum absolute atomic E-state index is 6.31. The highest BCUT2D eigenvalue weighted by Crippen LogP contribution is 2.19. The highest BCUT2D eigenvalue weighted by Gasteiger charge is 2.06. The molecule has 0 spiro atoms. The molecule has 0 radical (unpaired) electrons. The molecule has 0 aliphatic carbocycles. The van der Waals surface area contributed by atoms with Crippen LogP contribution in [-0.4, -0.2) is 16.1 Å². The Bertz CT molecular complexity index is 534. The van der Waals surface area contributed by atoms with Crippen LogP contribution in [0.3, 0.4) is 0 Å². The molecule has 0 aliphatic rings. The molecule has 2 aromatic rings. The van der Waals surface area contributed by atoms with Gasteiger partial charge in [0.2, 0.25) is 0 Å². The predicted octanol–water partition coefficient (Wildman–Crippen LogP) is 3.26. The van der Waals surface area contributed by atoms with Gasteiger partial charge >= 0.3 is 0 Å². The van der Waals surface area contributed by atoms with E-state index in [4.69, 9.17) is 11.6 Å². The van der Waals surface area contributed by atoms with E-state index in [0.29, 0.717) is 0 Å². The second-order valence-corrected chi connectivity index (χ2v) is 4.92. The molecule has 0 saturated heterocycles. The predicted molar refractivity (Wildman–Crippen MR) is 79.5 cm³/mol. The first kappa shape index (κ1) is 14.1. The van der Waals surface area contributed by atoms with Crippen molar-refractivity contribution in [3.05, 3.63) is 52.6 Å². The molecular weight excluding hydrogens is 258 g/mol. The third-order valence-corrected chi connectivity index (χ3v) is 3.54. The summed E-state index contributed by atoms with van der Waals surface area (Å²) >= 11 is 6.31. The van der Waals surface area contributed by atoms with Gasteiger partial charge in [0.05, 0.1) is 0 Å². The van der Waals surface area contributed by atoms with Gasteiger partial charge in [-0.05, 0) is 30.7 Å². The van der Waals surface area contributed by atoms with E-state index in [1.165, 1.54) is 5.56 Å². The Hall–Kier alpha value is -1.32. The molecule has 1 aromatic heterocycles. The molecule has 1 heterocycles. The van der Waals surface area contributed by atoms with Crippen LogP contribution in [0, 0.1) is 0 Å². The SMILES string of the molecule is CCNCc1ccc(Cc2nccn2CC)cc1Cl. The second-order valence-electron chi connectivity index (χ2n) is 4.51. The summed E-state index contributed by atoms with van der Waals surface area (Å²) in [4.78, 5) is 4.39. The van der Waals surface area contributed by atoms with Gasteiger partial charge in [0.15, 0.2) is 0 Å². The number of aryl methyl sites for hydroxylation is 1. The summed E-state index contributed by atoms with van der Waals surface area (Å²) in [5.74, 6) is 1.08. The molecule has 0 fully saturated rings. The molecule has 102 valence electrons. The molecule has 1 N–H and O–H groups in total. The molecular formula is C15H20ClN3. The van der Waals surface area contributed by atoms with Crippen molar-refractivity contribution in [1.29, 1.82) is 0 Å². The van der Waals surface area contributed by atoms with Crippen molar-refractivity contribution < 1.29 is 0 Å². The largest absolute Gasteiger partial charge is 0.335 e. The van der Waals surface area contributed by atoms with Crippen molar-refractivity contribution >= 4 is 11.6 Å². The van der Waals surface area contributed by atoms with Crippen LogP contribution in [0.25, 0.3) is 0 Å². The maximum atomic E-state index is 6.31. The summed E-state index contributed by atoms with van der Waals surface area (Å²) in [6.07, 6.45) is 4.68. The molecule has 1 aromatic carbocycles. The average molecular weight is 278 g/mol. The third kappa shape index (κ3) is 3.58. The highest BCUT2D eigenvalue weighted by atomic mass is 35.5. The monoisotopic (exact) mass is 277 g/mol. The van der Waals surface area contributed by atoms with Crippen LogP contribution in [0.4, 0.5) is 0 Å². The van der Waals surface area contributed by atoms with Crippen LogP contribution >= 0.6 is 11.6 Å². The van der Waals surface area contributed by atoms with Gasteiger partial charge in [-0.1, -0.05) is 30.7 Å². The normalized spacial score (nSPS) is 10.9. The van der Waals surface area contributed by atoms with Crippen LogP contribution in [0.15, 0.2) is 30.6 Å². The summed E-state index contributed by atoms with van der Waals surface area (Å²) in [7, 11) is 0. The number of nitrogens with zero attached hydrogens (tertiary/aromatic N) is 2. The fraction of sp³-hybridized carbons (Fsp3) is 0.400. The van der Waals surface area contributed by atoms with E-state index in [0.717, 1.165) is 42.5 Å². The fourth-order valence-corrected chi connectivity index (χ4v) is 2.35. The zero-order valence-electron chi connectivity index (χ0n) is 11.5. The summed E-state index contributed by atoms with van der Waals surface area (Å²) < 4.78 is 2.15. The number of rotatable bonds is 6. The van der Waals surface area contributed by atoms with Gasteiger partial charge in [-0.15, -0.1) is 0 Å². The smallest absolute Gasteiger partial charge is 0.113 e. The van der Waals surface area contributed by atoms with Crippen LogP contribution in [0.5, 0.6) is 0 Å². The summed E-state index contributed by atoms with van der Waals surface area (Å²) in [5.41, 5.74) is 2.34. The number of benzene rings is 1. The minimum Gasteiger partial charge on any atom is -0.335 e. The lowest BCUT2D eigenvalue weighted by molar-refractivity contribution is 0.711. The third-order valence-electron chi connectivity index (χ3n) is 3.19. The van der Waals surface area contributed by atoms with Gasteiger partial charge in [0.25, 0.3) is 0 Å². The average Bonchev–Trinajstić information content (AvgIpc) is 2.85. The Morgan fingerprint density at radius 3 is 2.84 bits per heavy atom. The van der Waals surface area contributed by atoms with Gasteiger partial charge in [-0.2, -0.15) is 0 Å². The Balaban J connectivity index is 2.11. The van der Waals surface area contributed by atoms with Crippen LogP contribution < -0.4 is 5.32 Å². The van der Waals surface area contributed by atoms with Crippen molar-refractivity contribution in [3.8, 4) is 0 Å². The molecule has 4 heteroatoms. The molecule has 2 rings (SSSR count). The lowest BCUT2D eigenvalue weighted by Gasteiger charge is -2.08. The van der Waals surface area contributed by atoms with Gasteiger partial charge < -0.3 is 9.88 Å². The first-order chi connectivity index (χ1) is 9.24. The number of nitrogens with one attached hydrogen (secondary N) is 1. The minimum absolute atomic E-state index is 0.819. The summed E-state index contributed by atoms with van der Waals surface area (Å²) in [6.45, 7) is 6.93. The van der Waals surface area contributed by atoms with E-state index < -0.39 is 0 Å². The number of aromatic nitrogens is 2. The van der Waals surface area contributed by atoms with Crippen molar-refractivity contribution in [3.63, 3.8) is 0 Å². The van der Waals surface area contributed by atoms with Gasteiger partial charge in [-0.3, -0.25) is 0 Å². The topological polar surface area (TPSA) is 29.9 Å². The first-order valence-corrected chi connectivity index (χ1v) is 7.10. The van der Waals surface area contributed by atoms with Crippen molar-refractivity contribution in [2.75, 3.05) is 6.54 Å². The maximum Gasteiger partial charge on any atom is 0.113 e. The Morgan fingerprint density at radius 2 is 2.16 bits per heavy atom. The zero-order valence-corrected chi connectivity index (χ0v) is 12.2. The summed E-state index contributed by atoms with van der Waals surface area (Å²) in [5, 5.41) is 4.11. The first-order valence-electron chi connectivity index (χ1n) is 6.72. The van der Waals surface area contributed by atoms with Crippen LogP contribution in [0.1, 0.15) is 30.8 Å². The molecule has 0 amide bonds. The molecule has 0 aliphatic heterocycles.